The Hall–Kier alpha value is -1.72. The van der Waals surface area contributed by atoms with E-state index in [0.29, 0.717) is 5.92 Å². The maximum absolute atomic E-state index is 13.0. The van der Waals surface area contributed by atoms with Crippen LogP contribution in [0.2, 0.25) is 0 Å². The highest BCUT2D eigenvalue weighted by Gasteiger charge is 2.27. The smallest absolute Gasteiger partial charge is 0.254 e. The lowest BCUT2D eigenvalue weighted by Crippen LogP contribution is -2.33. The van der Waals surface area contributed by atoms with Gasteiger partial charge in [0.2, 0.25) is 0 Å². The van der Waals surface area contributed by atoms with Gasteiger partial charge in [-0.25, -0.2) is 0 Å². The molecule has 28 heavy (non-hydrogen) atoms. The molecule has 4 rings (SSSR count). The zero-order valence-corrected chi connectivity index (χ0v) is 17.9. The van der Waals surface area contributed by atoms with Crippen LogP contribution >= 0.6 is 11.3 Å². The van der Waals surface area contributed by atoms with Crippen LogP contribution in [0.4, 0.5) is 0 Å². The molecule has 0 saturated heterocycles. The lowest BCUT2D eigenvalue weighted by molar-refractivity contribution is 0.0772. The summed E-state index contributed by atoms with van der Waals surface area (Å²) in [6, 6.07) is 4.33. The van der Waals surface area contributed by atoms with Gasteiger partial charge in [0, 0.05) is 49.7 Å². The number of carbonyl (C=O) groups is 1. The van der Waals surface area contributed by atoms with Crippen LogP contribution in [0.25, 0.3) is 0 Å². The summed E-state index contributed by atoms with van der Waals surface area (Å²) in [5, 5.41) is 2.09. The van der Waals surface area contributed by atoms with Gasteiger partial charge in [-0.3, -0.25) is 14.7 Å². The quantitative estimate of drug-likeness (QED) is 0.719. The predicted molar refractivity (Wildman–Crippen MR) is 115 cm³/mol. The van der Waals surface area contributed by atoms with Crippen LogP contribution in [0.15, 0.2) is 23.7 Å². The normalized spacial score (nSPS) is 17.6. The van der Waals surface area contributed by atoms with Crippen LogP contribution in [0.5, 0.6) is 0 Å². The number of hydrogen-bond acceptors (Lipinski definition) is 4. The maximum atomic E-state index is 13.0. The number of rotatable bonds is 6. The number of fused-ring (bicyclic) bond motifs is 1. The molecule has 150 valence electrons. The summed E-state index contributed by atoms with van der Waals surface area (Å²) in [6.07, 6.45) is 9.20. The molecule has 2 aliphatic rings. The zero-order chi connectivity index (χ0) is 19.5. The van der Waals surface area contributed by atoms with Crippen molar-refractivity contribution in [2.45, 2.75) is 58.5 Å². The van der Waals surface area contributed by atoms with Gasteiger partial charge in [-0.05, 0) is 48.8 Å². The van der Waals surface area contributed by atoms with Gasteiger partial charge in [0.1, 0.15) is 0 Å². The summed E-state index contributed by atoms with van der Waals surface area (Å²) >= 11 is 1.75. The van der Waals surface area contributed by atoms with E-state index in [9.17, 15) is 4.79 Å². The summed E-state index contributed by atoms with van der Waals surface area (Å²) in [5.41, 5.74) is 4.65. The van der Waals surface area contributed by atoms with Crippen molar-refractivity contribution in [2.24, 2.45) is 5.92 Å². The Labute approximate surface area is 172 Å². The Morgan fingerprint density at radius 2 is 2.14 bits per heavy atom. The molecule has 0 aromatic carbocycles. The van der Waals surface area contributed by atoms with Gasteiger partial charge < -0.3 is 4.90 Å². The number of nitrogens with zero attached hydrogens (tertiary/aromatic N) is 3. The average molecular weight is 398 g/mol. The van der Waals surface area contributed by atoms with Crippen LogP contribution in [0.3, 0.4) is 0 Å². The molecule has 1 aliphatic carbocycles. The second-order valence-electron chi connectivity index (χ2n) is 8.36. The SMILES string of the molecule is CCc1ccc(CN2CCc3c(C(=O)N(C)CC4CCCC4)csc3C2)nc1. The van der Waals surface area contributed by atoms with Crippen molar-refractivity contribution in [2.75, 3.05) is 20.1 Å². The largest absolute Gasteiger partial charge is 0.341 e. The first-order valence-corrected chi connectivity index (χ1v) is 11.5. The van der Waals surface area contributed by atoms with Gasteiger partial charge in [-0.1, -0.05) is 25.8 Å². The van der Waals surface area contributed by atoms with E-state index in [0.717, 1.165) is 50.3 Å². The predicted octanol–water partition coefficient (Wildman–Crippen LogP) is 4.53. The van der Waals surface area contributed by atoms with Crippen LogP contribution < -0.4 is 0 Å². The van der Waals surface area contributed by atoms with Crippen molar-refractivity contribution >= 4 is 17.2 Å². The molecular formula is C23H31N3OS. The highest BCUT2D eigenvalue weighted by molar-refractivity contribution is 7.10. The summed E-state index contributed by atoms with van der Waals surface area (Å²) in [6.45, 7) is 5.87. The lowest BCUT2D eigenvalue weighted by Gasteiger charge is -2.27. The number of pyridine rings is 1. The molecule has 0 N–H and O–H groups in total. The molecule has 2 aromatic rings. The number of hydrogen-bond donors (Lipinski definition) is 0. The first-order chi connectivity index (χ1) is 13.6. The van der Waals surface area contributed by atoms with Gasteiger partial charge in [-0.2, -0.15) is 0 Å². The maximum Gasteiger partial charge on any atom is 0.254 e. The van der Waals surface area contributed by atoms with Crippen LogP contribution in [-0.2, 0) is 25.9 Å². The van der Waals surface area contributed by atoms with E-state index in [2.05, 4.69) is 34.3 Å². The van der Waals surface area contributed by atoms with Crippen molar-refractivity contribution in [3.8, 4) is 0 Å². The molecule has 4 nitrogen and oxygen atoms in total. The molecule has 2 aromatic heterocycles. The van der Waals surface area contributed by atoms with Crippen LogP contribution in [-0.4, -0.2) is 40.8 Å². The number of thiophene rings is 1. The second-order valence-corrected chi connectivity index (χ2v) is 9.32. The number of aromatic nitrogens is 1. The first-order valence-electron chi connectivity index (χ1n) is 10.6. The third-order valence-electron chi connectivity index (χ3n) is 6.29. The summed E-state index contributed by atoms with van der Waals surface area (Å²) in [4.78, 5) is 23.4. The topological polar surface area (TPSA) is 36.4 Å². The van der Waals surface area contributed by atoms with E-state index >= 15 is 0 Å². The molecule has 0 bridgehead atoms. The molecule has 1 aliphatic heterocycles. The molecule has 0 atom stereocenters. The summed E-state index contributed by atoms with van der Waals surface area (Å²) in [7, 11) is 1.98. The minimum atomic E-state index is 0.217. The van der Waals surface area contributed by atoms with E-state index in [1.54, 1.807) is 11.3 Å². The lowest BCUT2D eigenvalue weighted by atomic mass is 10.0. The highest BCUT2D eigenvalue weighted by Crippen LogP contribution is 2.31. The Balaban J connectivity index is 1.38. The third kappa shape index (κ3) is 4.31. The van der Waals surface area contributed by atoms with Gasteiger partial charge in [-0.15, -0.1) is 11.3 Å². The standard InChI is InChI=1S/C23H31N3OS/c1-3-17-8-9-19(24-12-17)14-26-11-10-20-21(16-28-22(20)15-26)23(27)25(2)13-18-6-4-5-7-18/h8-9,12,16,18H,3-7,10-11,13-15H2,1-2H3. The van der Waals surface area contributed by atoms with Gasteiger partial charge in [0.25, 0.3) is 5.91 Å². The molecule has 1 fully saturated rings. The molecule has 1 saturated carbocycles. The number of aryl methyl sites for hydroxylation is 1. The minimum Gasteiger partial charge on any atom is -0.341 e. The first kappa shape index (κ1) is 19.6. The fourth-order valence-electron chi connectivity index (χ4n) is 4.55. The van der Waals surface area contributed by atoms with E-state index < -0.39 is 0 Å². The number of amides is 1. The van der Waals surface area contributed by atoms with Gasteiger partial charge in [0.15, 0.2) is 0 Å². The molecule has 3 heterocycles. The molecule has 5 heteroatoms. The number of carbonyl (C=O) groups excluding carboxylic acids is 1. The van der Waals surface area contributed by atoms with E-state index in [1.165, 1.54) is 41.7 Å². The summed E-state index contributed by atoms with van der Waals surface area (Å²) in [5.74, 6) is 0.917. The van der Waals surface area contributed by atoms with Gasteiger partial charge in [0.05, 0.1) is 11.3 Å². The Morgan fingerprint density at radius 3 is 2.86 bits per heavy atom. The monoisotopic (exact) mass is 397 g/mol. The van der Waals surface area contributed by atoms with Gasteiger partial charge >= 0.3 is 0 Å². The molecular weight excluding hydrogens is 366 g/mol. The van der Waals surface area contributed by atoms with Crippen molar-refractivity contribution in [1.29, 1.82) is 0 Å². The minimum absolute atomic E-state index is 0.217. The highest BCUT2D eigenvalue weighted by atomic mass is 32.1. The zero-order valence-electron chi connectivity index (χ0n) is 17.1. The van der Waals surface area contributed by atoms with Crippen LogP contribution in [0.1, 0.15) is 64.7 Å². The van der Waals surface area contributed by atoms with E-state index in [-0.39, 0.29) is 5.91 Å². The average Bonchev–Trinajstić information content (AvgIpc) is 3.37. The second kappa shape index (κ2) is 8.75. The Kier molecular flexibility index (Phi) is 6.12. The van der Waals surface area contributed by atoms with Crippen molar-refractivity contribution < 1.29 is 4.79 Å². The third-order valence-corrected chi connectivity index (χ3v) is 7.30. The van der Waals surface area contributed by atoms with E-state index in [1.807, 2.05) is 18.1 Å². The summed E-state index contributed by atoms with van der Waals surface area (Å²) < 4.78 is 0. The fourth-order valence-corrected chi connectivity index (χ4v) is 5.67. The molecule has 0 unspecified atom stereocenters. The Bertz CT molecular complexity index is 808. The fraction of sp³-hybridized carbons (Fsp3) is 0.565. The van der Waals surface area contributed by atoms with Crippen molar-refractivity contribution in [3.63, 3.8) is 0 Å². The van der Waals surface area contributed by atoms with E-state index in [4.69, 9.17) is 0 Å². The van der Waals surface area contributed by atoms with Crippen LogP contribution in [0, 0.1) is 5.92 Å². The van der Waals surface area contributed by atoms with Crippen molar-refractivity contribution in [1.82, 2.24) is 14.8 Å². The molecule has 0 radical (unpaired) electrons. The molecule has 0 spiro atoms. The Morgan fingerprint density at radius 1 is 1.32 bits per heavy atom. The van der Waals surface area contributed by atoms with Crippen molar-refractivity contribution in [3.05, 3.63) is 51.0 Å². The molecule has 1 amide bonds.